The van der Waals surface area contributed by atoms with Crippen LogP contribution in [0.15, 0.2) is 23.9 Å². The summed E-state index contributed by atoms with van der Waals surface area (Å²) in [4.78, 5) is 7.46. The molecule has 0 aliphatic heterocycles. The predicted molar refractivity (Wildman–Crippen MR) is 54.3 cm³/mol. The predicted octanol–water partition coefficient (Wildman–Crippen LogP) is 2.84. The zero-order valence-corrected chi connectivity index (χ0v) is 8.09. The van der Waals surface area contributed by atoms with Crippen molar-refractivity contribution < 1.29 is 0 Å². The summed E-state index contributed by atoms with van der Waals surface area (Å²) in [6.07, 6.45) is 8.69. The summed E-state index contributed by atoms with van der Waals surface area (Å²) in [5.74, 6) is 0.989. The molecule has 0 radical (unpaired) electrons. The van der Waals surface area contributed by atoms with Crippen LogP contribution in [0.1, 0.15) is 31.3 Å². The van der Waals surface area contributed by atoms with Gasteiger partial charge in [0.15, 0.2) is 0 Å². The quantitative estimate of drug-likeness (QED) is 0.696. The summed E-state index contributed by atoms with van der Waals surface area (Å²) in [6, 6.07) is 0. The molecule has 68 valence electrons. The average Bonchev–Trinajstić information content (AvgIpc) is 2.52. The fraction of sp³-hybridized carbons (Fsp3) is 0.364. The highest BCUT2D eigenvalue weighted by Crippen LogP contribution is 2.24. The number of hydrogen-bond acceptors (Lipinski definition) is 1. The fourth-order valence-corrected chi connectivity index (χ4v) is 1.66. The van der Waals surface area contributed by atoms with Crippen molar-refractivity contribution >= 4 is 5.57 Å². The largest absolute Gasteiger partial charge is 0.343 e. The average molecular weight is 174 g/mol. The van der Waals surface area contributed by atoms with Crippen molar-refractivity contribution in [2.24, 2.45) is 0 Å². The standard InChI is InChI=1S/C11H14N2/c1-8-4-3-5-10(6-8)11-7-12-9(2)13-11/h4,6-7H,3,5H2,1-2H3,(H,12,13). The second kappa shape index (κ2) is 3.21. The molecule has 0 spiro atoms. The number of aryl methyl sites for hydroxylation is 1. The van der Waals surface area contributed by atoms with Crippen LogP contribution in [0.5, 0.6) is 0 Å². The van der Waals surface area contributed by atoms with Crippen molar-refractivity contribution in [1.82, 2.24) is 9.97 Å². The van der Waals surface area contributed by atoms with E-state index in [4.69, 9.17) is 0 Å². The van der Waals surface area contributed by atoms with Crippen LogP contribution in [0.2, 0.25) is 0 Å². The molecule has 1 aromatic rings. The summed E-state index contributed by atoms with van der Waals surface area (Å²) < 4.78 is 0. The van der Waals surface area contributed by atoms with E-state index in [1.54, 1.807) is 0 Å². The topological polar surface area (TPSA) is 28.7 Å². The molecule has 0 saturated carbocycles. The third-order valence-corrected chi connectivity index (χ3v) is 2.33. The number of hydrogen-bond donors (Lipinski definition) is 1. The number of nitrogens with one attached hydrogen (secondary N) is 1. The van der Waals surface area contributed by atoms with E-state index < -0.39 is 0 Å². The highest BCUT2D eigenvalue weighted by atomic mass is 14.9. The van der Waals surface area contributed by atoms with Gasteiger partial charge in [-0.2, -0.15) is 0 Å². The normalized spacial score (nSPS) is 16.8. The van der Waals surface area contributed by atoms with E-state index in [1.165, 1.54) is 16.8 Å². The number of allylic oxidation sites excluding steroid dienone is 4. The molecule has 0 amide bonds. The van der Waals surface area contributed by atoms with Gasteiger partial charge in [-0.25, -0.2) is 4.98 Å². The second-order valence-electron chi connectivity index (χ2n) is 3.54. The van der Waals surface area contributed by atoms with Gasteiger partial charge in [-0.3, -0.25) is 0 Å². The molecule has 0 bridgehead atoms. The maximum absolute atomic E-state index is 4.20. The zero-order chi connectivity index (χ0) is 9.26. The SMILES string of the molecule is CC1=CCCC(c2cnc(C)[nH]2)=C1. The molecule has 0 fully saturated rings. The summed E-state index contributed by atoms with van der Waals surface area (Å²) >= 11 is 0. The van der Waals surface area contributed by atoms with Gasteiger partial charge in [0.2, 0.25) is 0 Å². The molecule has 0 saturated heterocycles. The first-order valence-corrected chi connectivity index (χ1v) is 4.65. The lowest BCUT2D eigenvalue weighted by molar-refractivity contribution is 1.02. The van der Waals surface area contributed by atoms with Gasteiger partial charge in [0, 0.05) is 0 Å². The van der Waals surface area contributed by atoms with Crippen molar-refractivity contribution in [3.8, 4) is 0 Å². The molecular weight excluding hydrogens is 160 g/mol. The smallest absolute Gasteiger partial charge is 0.103 e. The minimum Gasteiger partial charge on any atom is -0.343 e. The Bertz CT molecular complexity index is 369. The molecule has 1 N–H and O–H groups in total. The molecule has 2 rings (SSSR count). The van der Waals surface area contributed by atoms with E-state index in [-0.39, 0.29) is 0 Å². The van der Waals surface area contributed by atoms with Crippen molar-refractivity contribution in [2.75, 3.05) is 0 Å². The van der Waals surface area contributed by atoms with Crippen LogP contribution >= 0.6 is 0 Å². The molecule has 1 heterocycles. The van der Waals surface area contributed by atoms with Crippen molar-refractivity contribution in [2.45, 2.75) is 26.7 Å². The Hall–Kier alpha value is -1.31. The summed E-state index contributed by atoms with van der Waals surface area (Å²) in [6.45, 7) is 4.12. The third-order valence-electron chi connectivity index (χ3n) is 2.33. The molecule has 1 aromatic heterocycles. The van der Waals surface area contributed by atoms with Gasteiger partial charge < -0.3 is 4.98 Å². The maximum Gasteiger partial charge on any atom is 0.103 e. The van der Waals surface area contributed by atoms with Crippen molar-refractivity contribution in [3.63, 3.8) is 0 Å². The number of nitrogens with zero attached hydrogens (tertiary/aromatic N) is 1. The first-order valence-electron chi connectivity index (χ1n) is 4.65. The second-order valence-corrected chi connectivity index (χ2v) is 3.54. The number of imidazole rings is 1. The monoisotopic (exact) mass is 174 g/mol. The fourth-order valence-electron chi connectivity index (χ4n) is 1.66. The molecular formula is C11H14N2. The lowest BCUT2D eigenvalue weighted by atomic mass is 9.98. The number of aromatic nitrogens is 2. The summed E-state index contributed by atoms with van der Waals surface area (Å²) in [5.41, 5.74) is 3.90. The number of rotatable bonds is 1. The highest BCUT2D eigenvalue weighted by molar-refractivity contribution is 5.66. The van der Waals surface area contributed by atoms with E-state index in [0.29, 0.717) is 0 Å². The highest BCUT2D eigenvalue weighted by Gasteiger charge is 2.06. The first kappa shape index (κ1) is 8.30. The first-order chi connectivity index (χ1) is 6.25. The molecule has 1 aliphatic carbocycles. The maximum atomic E-state index is 4.20. The van der Waals surface area contributed by atoms with Crippen LogP contribution in [-0.2, 0) is 0 Å². The molecule has 2 heteroatoms. The van der Waals surface area contributed by atoms with Crippen LogP contribution in [0.4, 0.5) is 0 Å². The number of aromatic amines is 1. The summed E-state index contributed by atoms with van der Waals surface area (Å²) in [5, 5.41) is 0. The molecule has 0 unspecified atom stereocenters. The Morgan fingerprint density at radius 3 is 2.85 bits per heavy atom. The molecule has 2 nitrogen and oxygen atoms in total. The zero-order valence-electron chi connectivity index (χ0n) is 8.09. The molecule has 0 aromatic carbocycles. The van der Waals surface area contributed by atoms with Gasteiger partial charge in [0.25, 0.3) is 0 Å². The van der Waals surface area contributed by atoms with Gasteiger partial charge in [-0.1, -0.05) is 17.7 Å². The molecule has 0 atom stereocenters. The van der Waals surface area contributed by atoms with E-state index in [0.717, 1.165) is 18.7 Å². The molecule has 13 heavy (non-hydrogen) atoms. The van der Waals surface area contributed by atoms with Gasteiger partial charge in [-0.15, -0.1) is 0 Å². The van der Waals surface area contributed by atoms with Crippen LogP contribution in [0.25, 0.3) is 5.57 Å². The Balaban J connectivity index is 2.31. The minimum absolute atomic E-state index is 0.989. The third kappa shape index (κ3) is 1.72. The van der Waals surface area contributed by atoms with Crippen LogP contribution < -0.4 is 0 Å². The van der Waals surface area contributed by atoms with Crippen molar-refractivity contribution in [3.05, 3.63) is 35.4 Å². The lowest BCUT2D eigenvalue weighted by Crippen LogP contribution is -1.90. The van der Waals surface area contributed by atoms with Gasteiger partial charge >= 0.3 is 0 Å². The van der Waals surface area contributed by atoms with Gasteiger partial charge in [-0.05, 0) is 32.3 Å². The van der Waals surface area contributed by atoms with Gasteiger partial charge in [0.1, 0.15) is 5.82 Å². The van der Waals surface area contributed by atoms with E-state index in [2.05, 4.69) is 29.0 Å². The Morgan fingerprint density at radius 2 is 2.23 bits per heavy atom. The van der Waals surface area contributed by atoms with E-state index in [9.17, 15) is 0 Å². The van der Waals surface area contributed by atoms with Crippen LogP contribution in [0.3, 0.4) is 0 Å². The minimum atomic E-state index is 0.989. The Labute approximate surface area is 78.4 Å². The molecule has 1 aliphatic rings. The summed E-state index contributed by atoms with van der Waals surface area (Å²) in [7, 11) is 0. The Kier molecular flexibility index (Phi) is 2.05. The van der Waals surface area contributed by atoms with E-state index in [1.807, 2.05) is 13.1 Å². The number of H-pyrrole nitrogens is 1. The van der Waals surface area contributed by atoms with E-state index >= 15 is 0 Å². The van der Waals surface area contributed by atoms with Crippen LogP contribution in [0, 0.1) is 6.92 Å². The lowest BCUT2D eigenvalue weighted by Gasteiger charge is -2.09. The van der Waals surface area contributed by atoms with Crippen LogP contribution in [-0.4, -0.2) is 9.97 Å². The van der Waals surface area contributed by atoms with Crippen molar-refractivity contribution in [1.29, 1.82) is 0 Å². The Morgan fingerprint density at radius 1 is 1.38 bits per heavy atom. The van der Waals surface area contributed by atoms with Gasteiger partial charge in [0.05, 0.1) is 11.9 Å².